The number of rotatable bonds is 5. The summed E-state index contributed by atoms with van der Waals surface area (Å²) in [4.78, 5) is 19.4. The van der Waals surface area contributed by atoms with Crippen molar-refractivity contribution in [1.29, 1.82) is 5.26 Å². The third kappa shape index (κ3) is 4.02. The van der Waals surface area contributed by atoms with Crippen molar-refractivity contribution in [3.8, 4) is 11.9 Å². The maximum Gasteiger partial charge on any atom is 0.216 e. The van der Waals surface area contributed by atoms with Crippen LogP contribution in [0.4, 0.5) is 0 Å². The van der Waals surface area contributed by atoms with E-state index in [1.165, 1.54) is 38.3 Å². The zero-order chi connectivity index (χ0) is 13.5. The second-order valence-electron chi connectivity index (χ2n) is 4.79. The zero-order valence-corrected chi connectivity index (χ0v) is 10.8. The first-order valence-electron chi connectivity index (χ1n) is 6.65. The largest absolute Gasteiger partial charge is 0.477 e. The lowest BCUT2D eigenvalue weighted by Gasteiger charge is -2.21. The smallest absolute Gasteiger partial charge is 0.216 e. The number of carbonyl (C=O) groups excluding carboxylic acids is 1. The van der Waals surface area contributed by atoms with Crippen LogP contribution in [-0.4, -0.2) is 22.4 Å². The number of nitriles is 1. The normalized spacial score (nSPS) is 15.7. The highest BCUT2D eigenvalue weighted by Crippen LogP contribution is 2.24. The summed E-state index contributed by atoms with van der Waals surface area (Å²) >= 11 is 0. The Balaban J connectivity index is 1.91. The van der Waals surface area contributed by atoms with Gasteiger partial charge in [0, 0.05) is 12.3 Å². The Hall–Kier alpha value is -1.96. The number of ketones is 1. The molecular weight excluding hydrogens is 242 g/mol. The van der Waals surface area contributed by atoms with Gasteiger partial charge in [-0.2, -0.15) is 10.2 Å². The summed E-state index contributed by atoms with van der Waals surface area (Å²) in [5, 5.41) is 8.48. The maximum absolute atomic E-state index is 11.5. The van der Waals surface area contributed by atoms with Crippen molar-refractivity contribution in [2.75, 3.05) is 6.61 Å². The predicted molar refractivity (Wildman–Crippen MR) is 68.7 cm³/mol. The monoisotopic (exact) mass is 259 g/mol. The van der Waals surface area contributed by atoms with Gasteiger partial charge in [0.05, 0.1) is 12.7 Å². The van der Waals surface area contributed by atoms with Crippen LogP contribution < -0.4 is 4.74 Å². The fourth-order valence-electron chi connectivity index (χ4n) is 2.26. The Morgan fingerprint density at radius 1 is 1.42 bits per heavy atom. The first-order chi connectivity index (χ1) is 9.29. The van der Waals surface area contributed by atoms with E-state index in [1.54, 1.807) is 12.1 Å². The van der Waals surface area contributed by atoms with Crippen molar-refractivity contribution >= 4 is 5.78 Å². The molecule has 1 saturated carbocycles. The topological polar surface area (TPSA) is 75.9 Å². The molecule has 1 fully saturated rings. The van der Waals surface area contributed by atoms with Crippen LogP contribution in [-0.2, 0) is 0 Å². The lowest BCUT2D eigenvalue weighted by atomic mass is 9.90. The highest BCUT2D eigenvalue weighted by Gasteiger charge is 2.15. The summed E-state index contributed by atoms with van der Waals surface area (Å²) in [6, 6.07) is 3.44. The van der Waals surface area contributed by atoms with Gasteiger partial charge in [0.25, 0.3) is 0 Å². The third-order valence-corrected chi connectivity index (χ3v) is 3.31. The van der Waals surface area contributed by atoms with Gasteiger partial charge >= 0.3 is 0 Å². The highest BCUT2D eigenvalue weighted by atomic mass is 16.5. The lowest BCUT2D eigenvalue weighted by molar-refractivity contribution is 0.0986. The van der Waals surface area contributed by atoms with Crippen molar-refractivity contribution < 1.29 is 9.53 Å². The molecule has 0 N–H and O–H groups in total. The molecule has 1 aliphatic rings. The quantitative estimate of drug-likeness (QED) is 0.759. The molecular formula is C14H17N3O2. The molecule has 19 heavy (non-hydrogen) atoms. The Labute approximate surface area is 112 Å². The summed E-state index contributed by atoms with van der Waals surface area (Å²) in [5.41, 5.74) is 0. The van der Waals surface area contributed by atoms with Crippen LogP contribution in [0.15, 0.2) is 12.3 Å². The molecule has 0 aromatic carbocycles. The van der Waals surface area contributed by atoms with E-state index in [2.05, 4.69) is 9.97 Å². The van der Waals surface area contributed by atoms with Gasteiger partial charge in [-0.3, -0.25) is 4.79 Å². The van der Waals surface area contributed by atoms with Crippen LogP contribution >= 0.6 is 0 Å². The van der Waals surface area contributed by atoms with Crippen molar-refractivity contribution in [3.05, 3.63) is 18.1 Å². The van der Waals surface area contributed by atoms with Gasteiger partial charge in [0.2, 0.25) is 11.7 Å². The zero-order valence-electron chi connectivity index (χ0n) is 10.8. The molecule has 0 amide bonds. The van der Waals surface area contributed by atoms with Gasteiger partial charge in [-0.15, -0.1) is 0 Å². The first-order valence-corrected chi connectivity index (χ1v) is 6.65. The Morgan fingerprint density at radius 3 is 2.95 bits per heavy atom. The van der Waals surface area contributed by atoms with Crippen molar-refractivity contribution in [2.24, 2.45) is 5.92 Å². The number of aromatic nitrogens is 2. The van der Waals surface area contributed by atoms with Crippen LogP contribution in [0.5, 0.6) is 5.88 Å². The van der Waals surface area contributed by atoms with Crippen LogP contribution in [0.1, 0.15) is 49.1 Å². The minimum atomic E-state index is -0.370. The van der Waals surface area contributed by atoms with E-state index >= 15 is 0 Å². The summed E-state index contributed by atoms with van der Waals surface area (Å²) in [6.45, 7) is 0.642. The third-order valence-electron chi connectivity index (χ3n) is 3.31. The molecule has 0 atom stereocenters. The number of Topliss-reactive ketones (excluding diaryl/α,β-unsaturated/α-hetero) is 1. The van der Waals surface area contributed by atoms with Gasteiger partial charge < -0.3 is 4.74 Å². The molecule has 0 radical (unpaired) electrons. The number of carbonyl (C=O) groups is 1. The molecule has 0 saturated heterocycles. The summed E-state index contributed by atoms with van der Waals surface area (Å²) < 4.78 is 5.63. The van der Waals surface area contributed by atoms with Crippen LogP contribution in [0.2, 0.25) is 0 Å². The SMILES string of the molecule is N#CCC(=O)c1nccc(OCC2CCCCC2)n1. The van der Waals surface area contributed by atoms with Crippen molar-refractivity contribution in [3.63, 3.8) is 0 Å². The maximum atomic E-state index is 11.5. The standard InChI is InChI=1S/C14H17N3O2/c15-8-6-12(18)14-16-9-7-13(17-14)19-10-11-4-2-1-3-5-11/h7,9,11H,1-6,10H2. The Kier molecular flexibility index (Phi) is 4.85. The number of hydrogen-bond donors (Lipinski definition) is 0. The van der Waals surface area contributed by atoms with Crippen molar-refractivity contribution in [2.45, 2.75) is 38.5 Å². The molecule has 1 aromatic rings. The predicted octanol–water partition coefficient (Wildman–Crippen LogP) is 2.53. The van der Waals surface area contributed by atoms with Gasteiger partial charge in [-0.1, -0.05) is 19.3 Å². The molecule has 2 rings (SSSR count). The molecule has 100 valence electrons. The molecule has 0 unspecified atom stereocenters. The van der Waals surface area contributed by atoms with E-state index in [4.69, 9.17) is 10.00 Å². The Morgan fingerprint density at radius 2 is 2.21 bits per heavy atom. The second kappa shape index (κ2) is 6.83. The molecule has 0 spiro atoms. The van der Waals surface area contributed by atoms with Crippen LogP contribution in [0.3, 0.4) is 0 Å². The first kappa shape index (κ1) is 13.5. The summed E-state index contributed by atoms with van der Waals surface area (Å²) in [6.07, 6.45) is 7.54. The van der Waals surface area contributed by atoms with E-state index in [0.29, 0.717) is 18.4 Å². The van der Waals surface area contributed by atoms with E-state index in [1.807, 2.05) is 0 Å². The molecule has 1 aliphatic carbocycles. The minimum absolute atomic E-state index is 0.0581. The van der Waals surface area contributed by atoms with E-state index < -0.39 is 0 Å². The van der Waals surface area contributed by atoms with Gasteiger partial charge in [0.15, 0.2) is 5.82 Å². The fourth-order valence-corrected chi connectivity index (χ4v) is 2.26. The van der Waals surface area contributed by atoms with Crippen LogP contribution in [0.25, 0.3) is 0 Å². The molecule has 5 nitrogen and oxygen atoms in total. The average Bonchev–Trinajstić information content (AvgIpc) is 2.47. The molecule has 1 aromatic heterocycles. The lowest BCUT2D eigenvalue weighted by Crippen LogP contribution is -2.16. The molecule has 0 aliphatic heterocycles. The van der Waals surface area contributed by atoms with Gasteiger partial charge in [0.1, 0.15) is 6.42 Å². The highest BCUT2D eigenvalue weighted by molar-refractivity contribution is 5.93. The number of nitrogens with zero attached hydrogens (tertiary/aromatic N) is 3. The van der Waals surface area contributed by atoms with Crippen LogP contribution in [0, 0.1) is 17.2 Å². The molecule has 1 heterocycles. The second-order valence-corrected chi connectivity index (χ2v) is 4.79. The minimum Gasteiger partial charge on any atom is -0.477 e. The van der Waals surface area contributed by atoms with Gasteiger partial charge in [-0.25, -0.2) is 4.98 Å². The average molecular weight is 259 g/mol. The number of hydrogen-bond acceptors (Lipinski definition) is 5. The van der Waals surface area contributed by atoms with E-state index in [9.17, 15) is 4.79 Å². The molecule has 5 heteroatoms. The fraction of sp³-hybridized carbons (Fsp3) is 0.571. The van der Waals surface area contributed by atoms with E-state index in [-0.39, 0.29) is 18.0 Å². The van der Waals surface area contributed by atoms with Gasteiger partial charge in [-0.05, 0) is 18.8 Å². The van der Waals surface area contributed by atoms with E-state index in [0.717, 1.165) is 0 Å². The van der Waals surface area contributed by atoms with Crippen molar-refractivity contribution in [1.82, 2.24) is 9.97 Å². The summed E-state index contributed by atoms with van der Waals surface area (Å²) in [7, 11) is 0. The summed E-state index contributed by atoms with van der Waals surface area (Å²) in [5.74, 6) is 0.692. The number of ether oxygens (including phenoxy) is 1. The molecule has 0 bridgehead atoms. The Bertz CT molecular complexity index is 476.